The van der Waals surface area contributed by atoms with Crippen molar-refractivity contribution in [2.45, 2.75) is 52.7 Å². The Labute approximate surface area is 121 Å². The molecular weight excluding hydrogens is 254 g/mol. The van der Waals surface area contributed by atoms with Crippen LogP contribution in [0.2, 0.25) is 0 Å². The molecule has 1 aromatic rings. The van der Waals surface area contributed by atoms with Gasteiger partial charge in [0.2, 0.25) is 0 Å². The van der Waals surface area contributed by atoms with Crippen LogP contribution in [0.5, 0.6) is 5.75 Å². The predicted molar refractivity (Wildman–Crippen MR) is 79.9 cm³/mol. The van der Waals surface area contributed by atoms with E-state index in [2.05, 4.69) is 0 Å². The number of phenolic OH excluding ortho intramolecular Hbond substituents is 1. The number of carbonyl (C=O) groups excluding carboxylic acids is 1. The maximum atomic E-state index is 12.1. The molecule has 0 bridgehead atoms. The van der Waals surface area contributed by atoms with Crippen molar-refractivity contribution in [2.24, 2.45) is 0 Å². The predicted octanol–water partition coefficient (Wildman–Crippen LogP) is 3.58. The average Bonchev–Trinajstić information content (AvgIpc) is 2.30. The largest absolute Gasteiger partial charge is 0.508 e. The quantitative estimate of drug-likeness (QED) is 0.916. The number of ether oxygens (including phenoxy) is 1. The molecule has 4 nitrogen and oxygen atoms in total. The van der Waals surface area contributed by atoms with Crippen LogP contribution in [-0.4, -0.2) is 34.3 Å². The van der Waals surface area contributed by atoms with E-state index < -0.39 is 5.60 Å². The van der Waals surface area contributed by atoms with Crippen molar-refractivity contribution in [1.29, 1.82) is 0 Å². The zero-order valence-electron chi connectivity index (χ0n) is 13.0. The molecule has 0 aliphatic heterocycles. The third-order valence-corrected chi connectivity index (χ3v) is 2.97. The Kier molecular flexibility index (Phi) is 5.43. The van der Waals surface area contributed by atoms with Crippen LogP contribution in [0.4, 0.5) is 4.79 Å². The molecule has 0 radical (unpaired) electrons. The SMILES string of the molecule is CCN(C(=O)OC(C)(C)C)C(C)Cc1ccc(O)cc1. The highest BCUT2D eigenvalue weighted by molar-refractivity contribution is 5.68. The number of hydrogen-bond donors (Lipinski definition) is 1. The lowest BCUT2D eigenvalue weighted by molar-refractivity contribution is 0.0189. The van der Waals surface area contributed by atoms with Crippen LogP contribution in [0.3, 0.4) is 0 Å². The Morgan fingerprint density at radius 2 is 1.85 bits per heavy atom. The van der Waals surface area contributed by atoms with Gasteiger partial charge in [0, 0.05) is 12.6 Å². The summed E-state index contributed by atoms with van der Waals surface area (Å²) in [6.07, 6.45) is 0.444. The molecule has 0 heterocycles. The van der Waals surface area contributed by atoms with E-state index >= 15 is 0 Å². The van der Waals surface area contributed by atoms with E-state index in [-0.39, 0.29) is 17.9 Å². The fourth-order valence-corrected chi connectivity index (χ4v) is 2.02. The number of hydrogen-bond acceptors (Lipinski definition) is 3. The molecule has 0 aliphatic rings. The van der Waals surface area contributed by atoms with Crippen LogP contribution in [0.1, 0.15) is 40.2 Å². The highest BCUT2D eigenvalue weighted by atomic mass is 16.6. The summed E-state index contributed by atoms with van der Waals surface area (Å²) in [6, 6.07) is 7.10. The van der Waals surface area contributed by atoms with Crippen molar-refractivity contribution in [3.63, 3.8) is 0 Å². The van der Waals surface area contributed by atoms with Gasteiger partial charge in [-0.25, -0.2) is 4.79 Å². The van der Waals surface area contributed by atoms with Crippen LogP contribution in [-0.2, 0) is 11.2 Å². The van der Waals surface area contributed by atoms with E-state index in [9.17, 15) is 9.90 Å². The maximum Gasteiger partial charge on any atom is 0.410 e. The van der Waals surface area contributed by atoms with Crippen molar-refractivity contribution in [3.8, 4) is 5.75 Å². The minimum Gasteiger partial charge on any atom is -0.508 e. The van der Waals surface area contributed by atoms with E-state index in [1.807, 2.05) is 46.8 Å². The third-order valence-electron chi connectivity index (χ3n) is 2.97. The Balaban J connectivity index is 2.69. The molecule has 1 rings (SSSR count). The summed E-state index contributed by atoms with van der Waals surface area (Å²) < 4.78 is 5.42. The standard InChI is InChI=1S/C16H25NO3/c1-6-17(15(19)20-16(3,4)5)12(2)11-13-7-9-14(18)10-8-13/h7-10,12,18H,6,11H2,1-5H3. The number of nitrogens with zero attached hydrogens (tertiary/aromatic N) is 1. The van der Waals surface area contributed by atoms with Gasteiger partial charge in [0.1, 0.15) is 11.4 Å². The minimum absolute atomic E-state index is 0.0411. The van der Waals surface area contributed by atoms with E-state index in [4.69, 9.17) is 4.74 Å². The molecule has 0 spiro atoms. The smallest absolute Gasteiger partial charge is 0.410 e. The van der Waals surface area contributed by atoms with E-state index in [1.54, 1.807) is 17.0 Å². The summed E-state index contributed by atoms with van der Waals surface area (Å²) in [5.74, 6) is 0.251. The number of benzene rings is 1. The molecule has 1 unspecified atom stereocenters. The lowest BCUT2D eigenvalue weighted by Gasteiger charge is -2.31. The molecule has 1 N–H and O–H groups in total. The van der Waals surface area contributed by atoms with E-state index in [1.165, 1.54) is 0 Å². The second kappa shape index (κ2) is 6.64. The fraction of sp³-hybridized carbons (Fsp3) is 0.562. The summed E-state index contributed by atoms with van der Waals surface area (Å²) in [4.78, 5) is 13.9. The van der Waals surface area contributed by atoms with Crippen LogP contribution in [0.15, 0.2) is 24.3 Å². The topological polar surface area (TPSA) is 49.8 Å². The molecule has 1 aromatic carbocycles. The van der Waals surface area contributed by atoms with Crippen molar-refractivity contribution >= 4 is 6.09 Å². The van der Waals surface area contributed by atoms with Gasteiger partial charge in [-0.05, 0) is 58.7 Å². The zero-order valence-corrected chi connectivity index (χ0v) is 13.0. The third kappa shape index (κ3) is 5.11. The van der Waals surface area contributed by atoms with E-state index in [0.29, 0.717) is 6.54 Å². The molecule has 1 amide bonds. The van der Waals surface area contributed by atoms with Crippen LogP contribution < -0.4 is 0 Å². The van der Waals surface area contributed by atoms with Gasteiger partial charge in [-0.3, -0.25) is 0 Å². The number of carbonyl (C=O) groups is 1. The summed E-state index contributed by atoms with van der Waals surface area (Å²) >= 11 is 0. The summed E-state index contributed by atoms with van der Waals surface area (Å²) in [5.41, 5.74) is 0.597. The monoisotopic (exact) mass is 279 g/mol. The van der Waals surface area contributed by atoms with Gasteiger partial charge < -0.3 is 14.7 Å². The first-order chi connectivity index (χ1) is 9.23. The van der Waals surface area contributed by atoms with Crippen molar-refractivity contribution in [3.05, 3.63) is 29.8 Å². The van der Waals surface area contributed by atoms with E-state index in [0.717, 1.165) is 12.0 Å². The van der Waals surface area contributed by atoms with Crippen molar-refractivity contribution in [2.75, 3.05) is 6.54 Å². The highest BCUT2D eigenvalue weighted by Gasteiger charge is 2.24. The highest BCUT2D eigenvalue weighted by Crippen LogP contribution is 2.16. The number of rotatable bonds is 4. The number of aromatic hydroxyl groups is 1. The summed E-state index contributed by atoms with van der Waals surface area (Å²) in [6.45, 7) is 10.1. The Bertz CT molecular complexity index is 434. The molecule has 20 heavy (non-hydrogen) atoms. The molecular formula is C16H25NO3. The lowest BCUT2D eigenvalue weighted by Crippen LogP contribution is -2.42. The van der Waals surface area contributed by atoms with Crippen LogP contribution in [0.25, 0.3) is 0 Å². The molecule has 4 heteroatoms. The first-order valence-corrected chi connectivity index (χ1v) is 7.00. The van der Waals surface area contributed by atoms with Crippen LogP contribution in [0, 0.1) is 0 Å². The number of phenols is 1. The summed E-state index contributed by atoms with van der Waals surface area (Å²) in [7, 11) is 0. The van der Waals surface area contributed by atoms with Crippen molar-refractivity contribution in [1.82, 2.24) is 4.90 Å². The molecule has 1 atom stereocenters. The Morgan fingerprint density at radius 3 is 2.30 bits per heavy atom. The normalized spacial score (nSPS) is 12.8. The number of amides is 1. The van der Waals surface area contributed by atoms with Gasteiger partial charge in [0.05, 0.1) is 0 Å². The molecule has 0 aliphatic carbocycles. The molecule has 0 fully saturated rings. The average molecular weight is 279 g/mol. The van der Waals surface area contributed by atoms with Gasteiger partial charge in [-0.2, -0.15) is 0 Å². The first kappa shape index (κ1) is 16.3. The fourth-order valence-electron chi connectivity index (χ4n) is 2.02. The van der Waals surface area contributed by atoms with Gasteiger partial charge in [-0.1, -0.05) is 12.1 Å². The van der Waals surface area contributed by atoms with Crippen LogP contribution >= 0.6 is 0 Å². The molecule has 0 aromatic heterocycles. The van der Waals surface area contributed by atoms with Gasteiger partial charge >= 0.3 is 6.09 Å². The lowest BCUT2D eigenvalue weighted by atomic mass is 10.1. The van der Waals surface area contributed by atoms with Gasteiger partial charge in [0.15, 0.2) is 0 Å². The molecule has 0 saturated heterocycles. The minimum atomic E-state index is -0.483. The Hall–Kier alpha value is -1.71. The second-order valence-electron chi connectivity index (χ2n) is 5.99. The zero-order chi connectivity index (χ0) is 15.3. The first-order valence-electron chi connectivity index (χ1n) is 7.00. The number of likely N-dealkylation sites (N-methyl/N-ethyl adjacent to an activating group) is 1. The summed E-state index contributed by atoms with van der Waals surface area (Å²) in [5, 5.41) is 9.28. The second-order valence-corrected chi connectivity index (χ2v) is 5.99. The maximum absolute atomic E-state index is 12.1. The van der Waals surface area contributed by atoms with Gasteiger partial charge in [0.25, 0.3) is 0 Å². The Morgan fingerprint density at radius 1 is 1.30 bits per heavy atom. The van der Waals surface area contributed by atoms with Crippen molar-refractivity contribution < 1.29 is 14.6 Å². The molecule has 0 saturated carbocycles. The van der Waals surface area contributed by atoms with Gasteiger partial charge in [-0.15, -0.1) is 0 Å². The molecule has 112 valence electrons.